The molecular weight excluding hydrogens is 309 g/mol. The molecule has 1 aromatic rings. The van der Waals surface area contributed by atoms with Crippen molar-refractivity contribution in [1.82, 2.24) is 4.72 Å². The number of allylic oxidation sites excluding steroid dienone is 1. The van der Waals surface area contributed by atoms with Gasteiger partial charge < -0.3 is 4.74 Å². The van der Waals surface area contributed by atoms with Crippen molar-refractivity contribution in [3.05, 3.63) is 42.2 Å². The zero-order valence-corrected chi connectivity index (χ0v) is 13.6. The standard InChI is InChI=1S/C15H20FNO4S/c1-4-5-10-21-15(18)14(11(2)3)17-22(19,20)13-9-7-6-8-12(13)16/h4-9,11,14,17H,10H2,1-3H3/b5-4+/t14-/m0/s1. The molecule has 0 saturated carbocycles. The van der Waals surface area contributed by atoms with Gasteiger partial charge in [0.25, 0.3) is 0 Å². The van der Waals surface area contributed by atoms with Crippen LogP contribution in [0.5, 0.6) is 0 Å². The molecule has 0 aliphatic carbocycles. The monoisotopic (exact) mass is 329 g/mol. The number of ether oxygens (including phenoxy) is 1. The topological polar surface area (TPSA) is 72.5 Å². The molecule has 122 valence electrons. The Bertz CT molecular complexity index is 641. The number of hydrogen-bond acceptors (Lipinski definition) is 4. The van der Waals surface area contributed by atoms with E-state index in [0.717, 1.165) is 12.1 Å². The van der Waals surface area contributed by atoms with E-state index in [2.05, 4.69) is 4.72 Å². The molecule has 0 fully saturated rings. The van der Waals surface area contributed by atoms with Crippen LogP contribution < -0.4 is 4.72 Å². The number of carbonyl (C=O) groups excluding carboxylic acids is 1. The fourth-order valence-corrected chi connectivity index (χ4v) is 3.08. The molecule has 0 amide bonds. The number of halogens is 1. The van der Waals surface area contributed by atoms with Crippen LogP contribution >= 0.6 is 0 Å². The molecule has 0 spiro atoms. The average Bonchev–Trinajstić information content (AvgIpc) is 2.45. The molecule has 1 atom stereocenters. The van der Waals surface area contributed by atoms with E-state index in [4.69, 9.17) is 4.74 Å². The van der Waals surface area contributed by atoms with Crippen LogP contribution in [0, 0.1) is 11.7 Å². The Balaban J connectivity index is 2.95. The summed E-state index contributed by atoms with van der Waals surface area (Å²) in [6.07, 6.45) is 3.34. The minimum atomic E-state index is -4.15. The number of nitrogens with one attached hydrogen (secondary N) is 1. The van der Waals surface area contributed by atoms with Gasteiger partial charge in [-0.25, -0.2) is 12.8 Å². The maximum absolute atomic E-state index is 13.6. The molecule has 0 saturated heterocycles. The SMILES string of the molecule is C/C=C/COC(=O)[C@@H](NS(=O)(=O)c1ccccc1F)C(C)C. The third-order valence-corrected chi connectivity index (χ3v) is 4.36. The van der Waals surface area contributed by atoms with Crippen molar-refractivity contribution < 1.29 is 22.3 Å². The van der Waals surface area contributed by atoms with E-state index in [1.807, 2.05) is 0 Å². The van der Waals surface area contributed by atoms with Crippen molar-refractivity contribution in [2.24, 2.45) is 5.92 Å². The highest BCUT2D eigenvalue weighted by molar-refractivity contribution is 7.89. The van der Waals surface area contributed by atoms with Gasteiger partial charge in [0, 0.05) is 0 Å². The fraction of sp³-hybridized carbons (Fsp3) is 0.400. The van der Waals surface area contributed by atoms with Gasteiger partial charge in [-0.3, -0.25) is 4.79 Å². The second-order valence-electron chi connectivity index (χ2n) is 4.97. The molecule has 1 N–H and O–H groups in total. The molecule has 0 aliphatic rings. The van der Waals surface area contributed by atoms with Crippen molar-refractivity contribution in [2.75, 3.05) is 6.61 Å². The lowest BCUT2D eigenvalue weighted by atomic mass is 10.1. The van der Waals surface area contributed by atoms with Gasteiger partial charge in [0.05, 0.1) is 0 Å². The largest absolute Gasteiger partial charge is 0.460 e. The summed E-state index contributed by atoms with van der Waals surface area (Å²) >= 11 is 0. The molecule has 0 unspecified atom stereocenters. The minimum Gasteiger partial charge on any atom is -0.460 e. The molecule has 0 heterocycles. The summed E-state index contributed by atoms with van der Waals surface area (Å²) in [5.74, 6) is -1.92. The van der Waals surface area contributed by atoms with Crippen LogP contribution in [-0.4, -0.2) is 27.0 Å². The minimum absolute atomic E-state index is 0.0555. The maximum atomic E-state index is 13.6. The van der Waals surface area contributed by atoms with Gasteiger partial charge >= 0.3 is 5.97 Å². The summed E-state index contributed by atoms with van der Waals surface area (Å²) in [7, 11) is -4.15. The highest BCUT2D eigenvalue weighted by Crippen LogP contribution is 2.16. The normalized spacial score (nSPS) is 13.5. The van der Waals surface area contributed by atoms with E-state index < -0.39 is 32.7 Å². The maximum Gasteiger partial charge on any atom is 0.324 e. The first-order valence-corrected chi connectivity index (χ1v) is 8.32. The van der Waals surface area contributed by atoms with Crippen LogP contribution in [0.15, 0.2) is 41.3 Å². The third-order valence-electron chi connectivity index (χ3n) is 2.89. The number of rotatable bonds is 7. The van der Waals surface area contributed by atoms with Gasteiger partial charge in [-0.15, -0.1) is 0 Å². The predicted molar refractivity (Wildman–Crippen MR) is 81.1 cm³/mol. The first-order valence-electron chi connectivity index (χ1n) is 6.84. The quantitative estimate of drug-likeness (QED) is 0.615. The van der Waals surface area contributed by atoms with Crippen molar-refractivity contribution in [2.45, 2.75) is 31.7 Å². The Morgan fingerprint density at radius 2 is 2.00 bits per heavy atom. The number of esters is 1. The first-order chi connectivity index (χ1) is 10.3. The van der Waals surface area contributed by atoms with Crippen molar-refractivity contribution >= 4 is 16.0 Å². The van der Waals surface area contributed by atoms with E-state index in [9.17, 15) is 17.6 Å². The Labute approximate surface area is 130 Å². The van der Waals surface area contributed by atoms with Crippen LogP contribution in [-0.2, 0) is 19.6 Å². The van der Waals surface area contributed by atoms with Gasteiger partial charge in [0.15, 0.2) is 0 Å². The second kappa shape index (κ2) is 8.05. The molecule has 0 aliphatic heterocycles. The molecule has 22 heavy (non-hydrogen) atoms. The van der Waals surface area contributed by atoms with Gasteiger partial charge in [0.1, 0.15) is 23.4 Å². The van der Waals surface area contributed by atoms with Crippen molar-refractivity contribution in [1.29, 1.82) is 0 Å². The van der Waals surface area contributed by atoms with Crippen LogP contribution in [0.4, 0.5) is 4.39 Å². The zero-order chi connectivity index (χ0) is 16.8. The molecule has 7 heteroatoms. The van der Waals surface area contributed by atoms with Crippen LogP contribution in [0.2, 0.25) is 0 Å². The lowest BCUT2D eigenvalue weighted by molar-refractivity contribution is -0.145. The number of benzene rings is 1. The van der Waals surface area contributed by atoms with Crippen LogP contribution in [0.3, 0.4) is 0 Å². The summed E-state index contributed by atoms with van der Waals surface area (Å²) in [5.41, 5.74) is 0. The highest BCUT2D eigenvalue weighted by Gasteiger charge is 2.30. The summed E-state index contributed by atoms with van der Waals surface area (Å²) in [6.45, 7) is 5.17. The van der Waals surface area contributed by atoms with Crippen molar-refractivity contribution in [3.8, 4) is 0 Å². The number of sulfonamides is 1. The molecule has 5 nitrogen and oxygen atoms in total. The van der Waals surface area contributed by atoms with Crippen LogP contribution in [0.25, 0.3) is 0 Å². The van der Waals surface area contributed by atoms with Crippen molar-refractivity contribution in [3.63, 3.8) is 0 Å². The number of carbonyl (C=O) groups is 1. The lowest BCUT2D eigenvalue weighted by Gasteiger charge is -2.20. The smallest absolute Gasteiger partial charge is 0.324 e. The predicted octanol–water partition coefficient (Wildman–Crippen LogP) is 2.25. The molecular formula is C15H20FNO4S. The van der Waals surface area contributed by atoms with Gasteiger partial charge in [0.2, 0.25) is 10.0 Å². The summed E-state index contributed by atoms with van der Waals surface area (Å²) in [5, 5.41) is 0. The zero-order valence-electron chi connectivity index (χ0n) is 12.7. The fourth-order valence-electron chi connectivity index (χ4n) is 1.67. The Kier molecular flexibility index (Phi) is 6.70. The van der Waals surface area contributed by atoms with Gasteiger partial charge in [-0.2, -0.15) is 4.72 Å². The molecule has 0 aromatic heterocycles. The Morgan fingerprint density at radius 3 is 2.55 bits per heavy atom. The molecule has 1 aromatic carbocycles. The van der Waals surface area contributed by atoms with E-state index in [1.54, 1.807) is 32.9 Å². The van der Waals surface area contributed by atoms with Gasteiger partial charge in [-0.1, -0.05) is 38.1 Å². The third kappa shape index (κ3) is 4.92. The van der Waals surface area contributed by atoms with E-state index in [0.29, 0.717) is 0 Å². The number of hydrogen-bond donors (Lipinski definition) is 1. The first kappa shape index (κ1) is 18.3. The average molecular weight is 329 g/mol. The second-order valence-corrected chi connectivity index (χ2v) is 6.65. The van der Waals surface area contributed by atoms with E-state index in [1.165, 1.54) is 12.1 Å². The van der Waals surface area contributed by atoms with Crippen LogP contribution in [0.1, 0.15) is 20.8 Å². The molecule has 0 bridgehead atoms. The Morgan fingerprint density at radius 1 is 1.36 bits per heavy atom. The summed E-state index contributed by atoms with van der Waals surface area (Å²) < 4.78 is 45.3. The summed E-state index contributed by atoms with van der Waals surface area (Å²) in [6, 6.07) is 3.89. The molecule has 0 radical (unpaired) electrons. The van der Waals surface area contributed by atoms with E-state index in [-0.39, 0.29) is 12.5 Å². The van der Waals surface area contributed by atoms with E-state index >= 15 is 0 Å². The van der Waals surface area contributed by atoms with Gasteiger partial charge in [-0.05, 0) is 25.0 Å². The molecule has 1 rings (SSSR count). The summed E-state index contributed by atoms with van der Waals surface area (Å²) in [4.78, 5) is 11.5. The highest BCUT2D eigenvalue weighted by atomic mass is 32.2. The Hall–Kier alpha value is -1.73. The lowest BCUT2D eigenvalue weighted by Crippen LogP contribution is -2.45.